The summed E-state index contributed by atoms with van der Waals surface area (Å²) < 4.78 is 23.1. The number of carbonyl (C=O) groups excluding carboxylic acids is 3. The monoisotopic (exact) mass is 955 g/mol. The van der Waals surface area contributed by atoms with Crippen LogP contribution in [-0.2, 0) is 38.1 Å². The van der Waals surface area contributed by atoms with Crippen molar-refractivity contribution in [3.05, 3.63) is 0 Å². The normalized spacial score (nSPS) is 17.7. The van der Waals surface area contributed by atoms with Gasteiger partial charge in [0.25, 0.3) is 0 Å². The molecule has 0 bridgehead atoms. The molecule has 0 saturated carbocycles. The lowest BCUT2D eigenvalue weighted by Gasteiger charge is -2.33. The van der Waals surface area contributed by atoms with E-state index >= 15 is 0 Å². The Morgan fingerprint density at radius 2 is 0.615 bits per heavy atom. The lowest BCUT2D eigenvalue weighted by Crippen LogP contribution is -2.50. The number of aliphatic carboxylic acids is 1. The second-order valence-corrected chi connectivity index (χ2v) is 15.8. The number of hydrogen-bond acceptors (Lipinski definition) is 23. The van der Waals surface area contributed by atoms with Crippen LogP contribution >= 0.6 is 0 Å². The average Bonchev–Trinajstić information content (AvgIpc) is 3.28. The van der Waals surface area contributed by atoms with E-state index in [1.807, 2.05) is 0 Å². The standard InChI is InChI=1S/C38H73N3O24/c1-39(12-22(45)32(56)35(59)25(48)15-42)28(51)4-8-62-18-38(21-65-11-7-31(54)55,19-63-9-5-29(52)40(2)13-23(46)33(57)36(60)26(49)16-43)20-64-10-6-30(53)41(3)14-24(47)34(58)37(61)27(50)17-44/h22-27,32-37,42-50,56-61H,4-21H2,1-3H3,(H,54,55)/t22-,23-,24-,25+,26+,27+,32+,33+,34+,35+,36+,37+/m0/s1. The highest BCUT2D eigenvalue weighted by molar-refractivity contribution is 5.76. The van der Waals surface area contributed by atoms with E-state index in [0.29, 0.717) is 0 Å². The van der Waals surface area contributed by atoms with Gasteiger partial charge in [0.1, 0.15) is 73.2 Å². The largest absolute Gasteiger partial charge is 0.481 e. The average molecular weight is 956 g/mol. The molecule has 0 fully saturated rings. The van der Waals surface area contributed by atoms with Crippen molar-refractivity contribution >= 4 is 23.7 Å². The van der Waals surface area contributed by atoms with Gasteiger partial charge in [0, 0.05) is 40.8 Å². The summed E-state index contributed by atoms with van der Waals surface area (Å²) >= 11 is 0. The maximum atomic E-state index is 12.9. The van der Waals surface area contributed by atoms with Gasteiger partial charge < -0.3 is 115 Å². The Morgan fingerprint density at radius 3 is 0.831 bits per heavy atom. The summed E-state index contributed by atoms with van der Waals surface area (Å²) in [7, 11) is 3.82. The van der Waals surface area contributed by atoms with Crippen LogP contribution in [0.25, 0.3) is 0 Å². The van der Waals surface area contributed by atoms with E-state index in [2.05, 4.69) is 0 Å². The summed E-state index contributed by atoms with van der Waals surface area (Å²) in [6.45, 7) is -6.60. The maximum Gasteiger partial charge on any atom is 0.305 e. The van der Waals surface area contributed by atoms with Gasteiger partial charge >= 0.3 is 5.97 Å². The van der Waals surface area contributed by atoms with Gasteiger partial charge in [-0.1, -0.05) is 0 Å². The molecule has 384 valence electrons. The summed E-state index contributed by atoms with van der Waals surface area (Å²) in [5.74, 6) is -3.01. The number of nitrogens with zero attached hydrogens (tertiary/aromatic N) is 3. The van der Waals surface area contributed by atoms with E-state index in [4.69, 9.17) is 39.4 Å². The van der Waals surface area contributed by atoms with Gasteiger partial charge in [-0.25, -0.2) is 0 Å². The summed E-state index contributed by atoms with van der Waals surface area (Å²) in [5, 5.41) is 156. The van der Waals surface area contributed by atoms with E-state index in [1.54, 1.807) is 0 Å². The van der Waals surface area contributed by atoms with Crippen LogP contribution in [0.5, 0.6) is 0 Å². The Labute approximate surface area is 375 Å². The van der Waals surface area contributed by atoms with Gasteiger partial charge in [0.05, 0.1) is 104 Å². The van der Waals surface area contributed by atoms with Gasteiger partial charge in [0.2, 0.25) is 17.7 Å². The fourth-order valence-electron chi connectivity index (χ4n) is 5.78. The third kappa shape index (κ3) is 23.6. The van der Waals surface area contributed by atoms with Gasteiger partial charge in [-0.05, 0) is 0 Å². The molecule has 27 heteroatoms. The third-order valence-electron chi connectivity index (χ3n) is 10.1. The fourth-order valence-corrected chi connectivity index (χ4v) is 5.78. The van der Waals surface area contributed by atoms with Gasteiger partial charge in [-0.3, -0.25) is 19.2 Å². The Hall–Kier alpha value is -2.88. The smallest absolute Gasteiger partial charge is 0.305 e. The molecule has 27 nitrogen and oxygen atoms in total. The second-order valence-electron chi connectivity index (χ2n) is 15.8. The van der Waals surface area contributed by atoms with Gasteiger partial charge in [-0.15, -0.1) is 0 Å². The minimum absolute atomic E-state index is 0.284. The minimum atomic E-state index is -1.92. The predicted octanol–water partition coefficient (Wildman–Crippen LogP) is -9.63. The molecular weight excluding hydrogens is 882 g/mol. The zero-order chi connectivity index (χ0) is 50.0. The van der Waals surface area contributed by atoms with Crippen molar-refractivity contribution in [3.8, 4) is 0 Å². The van der Waals surface area contributed by atoms with Crippen molar-refractivity contribution in [1.29, 1.82) is 0 Å². The Morgan fingerprint density at radius 1 is 0.400 bits per heavy atom. The molecule has 0 unspecified atom stereocenters. The Bertz CT molecular complexity index is 1200. The molecule has 65 heavy (non-hydrogen) atoms. The SMILES string of the molecule is CN(C[C@H](O)[C@@H](O)[C@H](O)[C@H](O)CO)C(=O)CCOCC(COCCC(=O)O)(COCCC(=O)N(C)C[C@H](O)[C@@H](O)[C@H](O)[C@H](O)CO)COCCC(=O)N(C)C[C@H](O)[C@@H](O)[C@H](O)[C@H](O)CO. The minimum Gasteiger partial charge on any atom is -0.481 e. The summed E-state index contributed by atoms with van der Waals surface area (Å²) in [6.07, 6.45) is -23.3. The molecule has 12 atom stereocenters. The van der Waals surface area contributed by atoms with Crippen LogP contribution in [0.1, 0.15) is 25.7 Å². The van der Waals surface area contributed by atoms with E-state index in [9.17, 15) is 80.5 Å². The number of carboxylic acids is 1. The number of ether oxygens (including phenoxy) is 4. The molecule has 0 saturated heterocycles. The van der Waals surface area contributed by atoms with Crippen molar-refractivity contribution < 1.29 is 120 Å². The molecule has 0 aromatic rings. The highest BCUT2D eigenvalue weighted by atomic mass is 16.5. The second kappa shape index (κ2) is 32.8. The molecule has 16 N–H and O–H groups in total. The summed E-state index contributed by atoms with van der Waals surface area (Å²) in [4.78, 5) is 52.8. The number of aliphatic hydroxyl groups is 15. The van der Waals surface area contributed by atoms with E-state index in [-0.39, 0.29) is 72.1 Å². The number of carboxylic acid groups (broad SMARTS) is 1. The number of carbonyl (C=O) groups is 4. The molecule has 0 aromatic heterocycles. The zero-order valence-corrected chi connectivity index (χ0v) is 36.9. The maximum absolute atomic E-state index is 12.9. The Kier molecular flexibility index (Phi) is 31.3. The first-order valence-electron chi connectivity index (χ1n) is 20.6. The molecular formula is C38H73N3O24. The fraction of sp³-hybridized carbons (Fsp3) is 0.895. The number of aliphatic hydroxyl groups excluding tert-OH is 15. The van der Waals surface area contributed by atoms with Crippen molar-refractivity contribution in [2.75, 3.05) is 113 Å². The van der Waals surface area contributed by atoms with Crippen molar-refractivity contribution in [3.63, 3.8) is 0 Å². The van der Waals surface area contributed by atoms with E-state index in [0.717, 1.165) is 14.7 Å². The van der Waals surface area contributed by atoms with Crippen LogP contribution in [0.4, 0.5) is 0 Å². The van der Waals surface area contributed by atoms with Gasteiger partial charge in [-0.2, -0.15) is 0 Å². The van der Waals surface area contributed by atoms with Crippen molar-refractivity contribution in [2.24, 2.45) is 5.41 Å². The molecule has 0 aromatic carbocycles. The number of rotatable bonds is 38. The molecule has 0 radical (unpaired) electrons. The van der Waals surface area contributed by atoms with Gasteiger partial charge in [0.15, 0.2) is 0 Å². The molecule has 0 rings (SSSR count). The quantitative estimate of drug-likeness (QED) is 0.0256. The molecule has 0 aliphatic carbocycles. The zero-order valence-electron chi connectivity index (χ0n) is 36.9. The Balaban J connectivity index is 5.96. The van der Waals surface area contributed by atoms with Crippen LogP contribution < -0.4 is 0 Å². The van der Waals surface area contributed by atoms with E-state index in [1.165, 1.54) is 21.1 Å². The molecule has 0 aliphatic rings. The lowest BCUT2D eigenvalue weighted by molar-refractivity contribution is -0.142. The van der Waals surface area contributed by atoms with Crippen LogP contribution in [0.3, 0.4) is 0 Å². The topological polar surface area (TPSA) is 439 Å². The predicted molar refractivity (Wildman–Crippen MR) is 218 cm³/mol. The number of amides is 3. The van der Waals surface area contributed by atoms with Crippen LogP contribution in [0.2, 0.25) is 0 Å². The molecule has 0 aliphatic heterocycles. The summed E-state index contributed by atoms with van der Waals surface area (Å²) in [6, 6.07) is 0. The van der Waals surface area contributed by atoms with Crippen LogP contribution in [-0.4, -0.2) is 307 Å². The molecule has 0 spiro atoms. The van der Waals surface area contributed by atoms with Crippen molar-refractivity contribution in [2.45, 2.75) is 98.9 Å². The lowest BCUT2D eigenvalue weighted by atomic mass is 9.92. The first-order valence-corrected chi connectivity index (χ1v) is 20.6. The highest BCUT2D eigenvalue weighted by Gasteiger charge is 2.36. The summed E-state index contributed by atoms with van der Waals surface area (Å²) in [5.41, 5.74) is -1.34. The first kappa shape index (κ1) is 62.1. The third-order valence-corrected chi connectivity index (χ3v) is 10.1. The molecule has 0 heterocycles. The number of hydrogen-bond donors (Lipinski definition) is 16. The molecule has 3 amide bonds. The highest BCUT2D eigenvalue weighted by Crippen LogP contribution is 2.22. The van der Waals surface area contributed by atoms with Crippen LogP contribution in [0, 0.1) is 5.41 Å². The van der Waals surface area contributed by atoms with E-state index < -0.39 is 148 Å². The first-order chi connectivity index (χ1) is 30.4. The van der Waals surface area contributed by atoms with Crippen molar-refractivity contribution in [1.82, 2.24) is 14.7 Å². The van der Waals surface area contributed by atoms with Crippen LogP contribution in [0.15, 0.2) is 0 Å². The number of likely N-dealkylation sites (N-methyl/N-ethyl adjacent to an activating group) is 3.